The van der Waals surface area contributed by atoms with Gasteiger partial charge in [0.05, 0.1) is 11.9 Å². The first-order valence-corrected chi connectivity index (χ1v) is 7.97. The number of carbonyl (C=O) groups excluding carboxylic acids is 1. The van der Waals surface area contributed by atoms with Gasteiger partial charge >= 0.3 is 0 Å². The van der Waals surface area contributed by atoms with E-state index in [1.165, 1.54) is 11.6 Å². The number of hydrogen-bond acceptors (Lipinski definition) is 5. The van der Waals surface area contributed by atoms with Gasteiger partial charge in [-0.05, 0) is 17.7 Å². The first kappa shape index (κ1) is 13.4. The summed E-state index contributed by atoms with van der Waals surface area (Å²) in [5.74, 6) is -0.343. The normalized spacial score (nSPS) is 20.8. The number of amides is 1. The summed E-state index contributed by atoms with van der Waals surface area (Å²) < 4.78 is 15.9. The highest BCUT2D eigenvalue weighted by Crippen LogP contribution is 2.27. The molecule has 0 fully saturated rings. The van der Waals surface area contributed by atoms with E-state index in [0.29, 0.717) is 11.6 Å². The van der Waals surface area contributed by atoms with Crippen LogP contribution in [0.25, 0.3) is 5.03 Å². The molecule has 0 radical (unpaired) electrons. The molecule has 1 N–H and O–H groups in total. The van der Waals surface area contributed by atoms with Crippen LogP contribution in [0, 0.1) is 0 Å². The van der Waals surface area contributed by atoms with Gasteiger partial charge in [0, 0.05) is 43.7 Å². The fourth-order valence-electron chi connectivity index (χ4n) is 2.74. The smallest absolute Gasteiger partial charge is 0.258 e. The van der Waals surface area contributed by atoms with E-state index in [9.17, 15) is 9.00 Å². The van der Waals surface area contributed by atoms with Gasteiger partial charge in [-0.1, -0.05) is 0 Å². The van der Waals surface area contributed by atoms with Crippen LogP contribution in [0.2, 0.25) is 0 Å². The lowest BCUT2D eigenvalue weighted by atomic mass is 10.2. The van der Waals surface area contributed by atoms with Gasteiger partial charge in [0.2, 0.25) is 0 Å². The highest BCUT2D eigenvalue weighted by molar-refractivity contribution is 7.93. The minimum Gasteiger partial charge on any atom is -0.289 e. The Bertz CT molecular complexity index is 799. The first-order chi connectivity index (χ1) is 10.7. The number of hydrogen-bond donors (Lipinski definition) is 1. The van der Waals surface area contributed by atoms with E-state index in [0.717, 1.165) is 24.3 Å². The summed E-state index contributed by atoms with van der Waals surface area (Å²) in [4.78, 5) is 17.6. The molecule has 4 rings (SSSR count). The maximum atomic E-state index is 11.9. The quantitative estimate of drug-likeness (QED) is 0.886. The van der Waals surface area contributed by atoms with Crippen LogP contribution in [-0.4, -0.2) is 29.8 Å². The zero-order chi connectivity index (χ0) is 15.1. The highest BCUT2D eigenvalue weighted by Gasteiger charge is 2.29. The Morgan fingerprint density at radius 3 is 2.82 bits per heavy atom. The summed E-state index contributed by atoms with van der Waals surface area (Å²) in [6, 6.07) is 3.98. The minimum atomic E-state index is -1.53. The second-order valence-corrected chi connectivity index (χ2v) is 6.41. The summed E-state index contributed by atoms with van der Waals surface area (Å²) in [6.45, 7) is 2.32. The molecule has 0 bridgehead atoms. The third-order valence-electron chi connectivity index (χ3n) is 3.72. The maximum absolute atomic E-state index is 11.9. The van der Waals surface area contributed by atoms with Gasteiger partial charge in [-0.3, -0.25) is 19.4 Å². The summed E-state index contributed by atoms with van der Waals surface area (Å²) in [7, 11) is -1.53. The Morgan fingerprint density at radius 2 is 2.09 bits per heavy atom. The van der Waals surface area contributed by atoms with E-state index in [2.05, 4.69) is 19.7 Å². The molecule has 0 aromatic carbocycles. The van der Waals surface area contributed by atoms with Crippen molar-refractivity contribution in [1.82, 2.24) is 24.4 Å². The van der Waals surface area contributed by atoms with Crippen molar-refractivity contribution in [1.29, 1.82) is 0 Å². The molecule has 1 unspecified atom stereocenters. The second kappa shape index (κ2) is 5.15. The highest BCUT2D eigenvalue weighted by atomic mass is 32.2. The fraction of sp³-hybridized carbons (Fsp3) is 0.214. The van der Waals surface area contributed by atoms with E-state index in [1.54, 1.807) is 23.3 Å². The molecule has 0 spiro atoms. The molecule has 2 aliphatic rings. The van der Waals surface area contributed by atoms with Gasteiger partial charge in [-0.15, -0.1) is 0 Å². The molecule has 2 aromatic rings. The lowest BCUT2D eigenvalue weighted by molar-refractivity contribution is -0.114. The van der Waals surface area contributed by atoms with E-state index >= 15 is 0 Å². The molecule has 4 heterocycles. The second-order valence-electron chi connectivity index (χ2n) is 5.25. The van der Waals surface area contributed by atoms with Gasteiger partial charge in [-0.2, -0.15) is 5.10 Å². The van der Waals surface area contributed by atoms with Crippen LogP contribution in [0.5, 0.6) is 0 Å². The third-order valence-corrected chi connectivity index (χ3v) is 4.78. The summed E-state index contributed by atoms with van der Waals surface area (Å²) >= 11 is 0. The molecule has 1 atom stereocenters. The Hall–Kier alpha value is -2.32. The van der Waals surface area contributed by atoms with Gasteiger partial charge < -0.3 is 0 Å². The van der Waals surface area contributed by atoms with E-state index in [1.807, 2.05) is 12.1 Å². The van der Waals surface area contributed by atoms with Crippen LogP contribution in [0.4, 0.5) is 0 Å². The van der Waals surface area contributed by atoms with Crippen LogP contribution >= 0.6 is 0 Å². The molecule has 22 heavy (non-hydrogen) atoms. The number of nitrogens with zero attached hydrogens (tertiary/aromatic N) is 4. The number of rotatable bonds is 3. The SMILES string of the molecule is O=C1C=C(n2ncc3c2CN(Cc2ccncc2)C3)S(=O)N1. The van der Waals surface area contributed by atoms with Crippen molar-refractivity contribution in [3.05, 3.63) is 53.6 Å². The van der Waals surface area contributed by atoms with Gasteiger partial charge in [0.25, 0.3) is 5.91 Å². The van der Waals surface area contributed by atoms with E-state index < -0.39 is 11.0 Å². The average Bonchev–Trinajstić information content (AvgIpc) is 3.14. The van der Waals surface area contributed by atoms with Crippen molar-refractivity contribution < 1.29 is 9.00 Å². The lowest BCUT2D eigenvalue weighted by Crippen LogP contribution is -2.19. The minimum absolute atomic E-state index is 0.343. The van der Waals surface area contributed by atoms with Crippen LogP contribution in [0.1, 0.15) is 16.8 Å². The fourth-order valence-corrected chi connectivity index (χ4v) is 3.62. The summed E-state index contributed by atoms with van der Waals surface area (Å²) in [5, 5.41) is 4.67. The molecule has 2 aliphatic heterocycles. The standard InChI is InChI=1S/C14H13N5O2S/c20-13-5-14(22(21)17-13)19-12-9-18(8-11(12)6-16-19)7-10-1-3-15-4-2-10/h1-6H,7-9H2,(H,17,20). The third kappa shape index (κ3) is 2.26. The topological polar surface area (TPSA) is 80.1 Å². The van der Waals surface area contributed by atoms with Crippen molar-refractivity contribution in [2.45, 2.75) is 19.6 Å². The van der Waals surface area contributed by atoms with Gasteiger partial charge in [-0.25, -0.2) is 8.89 Å². The Morgan fingerprint density at radius 1 is 1.27 bits per heavy atom. The average molecular weight is 315 g/mol. The van der Waals surface area contributed by atoms with Crippen molar-refractivity contribution >= 4 is 21.9 Å². The number of fused-ring (bicyclic) bond motifs is 1. The van der Waals surface area contributed by atoms with Crippen LogP contribution < -0.4 is 4.72 Å². The number of nitrogens with one attached hydrogen (secondary N) is 1. The Labute approximate surface area is 129 Å². The Kier molecular flexibility index (Phi) is 3.12. The number of aromatic nitrogens is 3. The zero-order valence-corrected chi connectivity index (χ0v) is 12.4. The van der Waals surface area contributed by atoms with Crippen molar-refractivity contribution in [3.63, 3.8) is 0 Å². The first-order valence-electron chi connectivity index (χ1n) is 6.82. The molecular formula is C14H13N5O2S. The maximum Gasteiger partial charge on any atom is 0.258 e. The lowest BCUT2D eigenvalue weighted by Gasteiger charge is -2.15. The predicted molar refractivity (Wildman–Crippen MR) is 80.0 cm³/mol. The van der Waals surface area contributed by atoms with E-state index in [4.69, 9.17) is 0 Å². The molecule has 2 aromatic heterocycles. The van der Waals surface area contributed by atoms with Crippen LogP contribution in [-0.2, 0) is 35.4 Å². The molecule has 7 nitrogen and oxygen atoms in total. The molecule has 0 saturated carbocycles. The van der Waals surface area contributed by atoms with Crippen molar-refractivity contribution in [3.8, 4) is 0 Å². The monoisotopic (exact) mass is 315 g/mol. The zero-order valence-electron chi connectivity index (χ0n) is 11.6. The van der Waals surface area contributed by atoms with Crippen LogP contribution in [0.3, 0.4) is 0 Å². The largest absolute Gasteiger partial charge is 0.289 e. The van der Waals surface area contributed by atoms with E-state index in [-0.39, 0.29) is 5.91 Å². The molecule has 0 saturated heterocycles. The Balaban J connectivity index is 1.57. The molecule has 1 amide bonds. The number of carbonyl (C=O) groups is 1. The van der Waals surface area contributed by atoms with Gasteiger partial charge in [0.15, 0.2) is 16.0 Å². The summed E-state index contributed by atoms with van der Waals surface area (Å²) in [5.41, 5.74) is 3.29. The van der Waals surface area contributed by atoms with Crippen molar-refractivity contribution in [2.75, 3.05) is 0 Å². The molecule has 8 heteroatoms. The molecule has 0 aliphatic carbocycles. The van der Waals surface area contributed by atoms with Crippen LogP contribution in [0.15, 0.2) is 36.8 Å². The summed E-state index contributed by atoms with van der Waals surface area (Å²) in [6.07, 6.45) is 6.69. The predicted octanol–water partition coefficient (Wildman–Crippen LogP) is 0.386. The van der Waals surface area contributed by atoms with Crippen molar-refractivity contribution in [2.24, 2.45) is 0 Å². The molecular weight excluding hydrogens is 302 g/mol. The van der Waals surface area contributed by atoms with Gasteiger partial charge in [0.1, 0.15) is 0 Å². The number of pyridine rings is 1. The molecule has 112 valence electrons.